The first kappa shape index (κ1) is 19.8. The molecule has 0 saturated carbocycles. The van der Waals surface area contributed by atoms with Gasteiger partial charge in [0.25, 0.3) is 5.91 Å². The van der Waals surface area contributed by atoms with Crippen LogP contribution >= 0.6 is 0 Å². The van der Waals surface area contributed by atoms with Gasteiger partial charge in [-0.1, -0.05) is 0 Å². The summed E-state index contributed by atoms with van der Waals surface area (Å²) in [6.07, 6.45) is 5.00. The van der Waals surface area contributed by atoms with Crippen molar-refractivity contribution in [3.05, 3.63) is 54.5 Å². The third kappa shape index (κ3) is 5.52. The van der Waals surface area contributed by atoms with E-state index in [0.717, 1.165) is 0 Å². The maximum Gasteiger partial charge on any atom is 0.267 e. The largest absolute Gasteiger partial charge is 0.373 e. The zero-order valence-corrected chi connectivity index (χ0v) is 16.0. The molecule has 0 atom stereocenters. The van der Waals surface area contributed by atoms with Gasteiger partial charge in [-0.2, -0.15) is 5.26 Å². The Morgan fingerprint density at radius 2 is 1.62 bits per heavy atom. The number of aromatic nitrogens is 2. The molecule has 0 radical (unpaired) electrons. The first-order chi connectivity index (χ1) is 14.0. The lowest BCUT2D eigenvalue weighted by molar-refractivity contribution is -0.114. The molecule has 0 bridgehead atoms. The Hall–Kier alpha value is -3.93. The van der Waals surface area contributed by atoms with Gasteiger partial charge in [0.2, 0.25) is 11.9 Å². The number of hydrogen-bond acceptors (Lipinski definition) is 7. The van der Waals surface area contributed by atoms with Gasteiger partial charge in [-0.25, -0.2) is 9.97 Å². The van der Waals surface area contributed by atoms with Crippen LogP contribution in [-0.4, -0.2) is 52.9 Å². The zero-order chi connectivity index (χ0) is 20.6. The van der Waals surface area contributed by atoms with Gasteiger partial charge in [0, 0.05) is 63.1 Å². The number of nitrogens with zero attached hydrogens (tertiary/aromatic N) is 5. The predicted molar refractivity (Wildman–Crippen MR) is 109 cm³/mol. The Labute approximate surface area is 168 Å². The average molecular weight is 391 g/mol. The lowest BCUT2D eigenvalue weighted by Gasteiger charge is -2.34. The van der Waals surface area contributed by atoms with Crippen LogP contribution in [0, 0.1) is 11.3 Å². The number of carbonyl (C=O) groups excluding carboxylic acids is 2. The Morgan fingerprint density at radius 1 is 1.03 bits per heavy atom. The minimum atomic E-state index is -0.478. The van der Waals surface area contributed by atoms with Gasteiger partial charge in [0.05, 0.1) is 0 Å². The summed E-state index contributed by atoms with van der Waals surface area (Å²) in [6.45, 7) is 4.13. The molecule has 2 heterocycles. The van der Waals surface area contributed by atoms with E-state index in [0.29, 0.717) is 43.5 Å². The fourth-order valence-corrected chi connectivity index (χ4v) is 2.86. The number of rotatable bonds is 5. The van der Waals surface area contributed by atoms with Crippen molar-refractivity contribution in [2.45, 2.75) is 6.92 Å². The summed E-state index contributed by atoms with van der Waals surface area (Å²) in [6, 6.07) is 10.4. The number of carbonyl (C=O) groups is 2. The number of piperazine rings is 1. The number of hydrogen-bond donors (Lipinski definition) is 2. The van der Waals surface area contributed by atoms with Crippen LogP contribution < -0.4 is 15.5 Å². The molecule has 1 aliphatic rings. The second-order valence-electron chi connectivity index (χ2n) is 6.44. The van der Waals surface area contributed by atoms with Gasteiger partial charge in [-0.05, 0) is 30.3 Å². The zero-order valence-electron chi connectivity index (χ0n) is 16.0. The average Bonchev–Trinajstić information content (AvgIpc) is 2.74. The molecule has 3 rings (SSSR count). The molecule has 1 saturated heterocycles. The molecular formula is C20H21N7O2. The van der Waals surface area contributed by atoms with Crippen molar-refractivity contribution in [3.8, 4) is 6.07 Å². The molecule has 148 valence electrons. The van der Waals surface area contributed by atoms with E-state index in [1.807, 2.05) is 11.0 Å². The van der Waals surface area contributed by atoms with E-state index in [4.69, 9.17) is 0 Å². The van der Waals surface area contributed by atoms with E-state index in [1.54, 1.807) is 48.9 Å². The van der Waals surface area contributed by atoms with Crippen LogP contribution in [0.5, 0.6) is 0 Å². The molecule has 0 spiro atoms. The van der Waals surface area contributed by atoms with Gasteiger partial charge in [-0.3, -0.25) is 9.59 Å². The summed E-state index contributed by atoms with van der Waals surface area (Å²) in [7, 11) is 0. The molecule has 9 heteroatoms. The van der Waals surface area contributed by atoms with E-state index >= 15 is 0 Å². The topological polar surface area (TPSA) is 114 Å². The van der Waals surface area contributed by atoms with Crippen molar-refractivity contribution in [1.82, 2.24) is 14.9 Å². The molecule has 1 aromatic heterocycles. The Bertz CT molecular complexity index is 928. The molecule has 1 aliphatic heterocycles. The van der Waals surface area contributed by atoms with Crippen molar-refractivity contribution in [3.63, 3.8) is 0 Å². The van der Waals surface area contributed by atoms with Crippen molar-refractivity contribution in [1.29, 1.82) is 5.26 Å². The molecule has 2 aromatic rings. The van der Waals surface area contributed by atoms with Crippen molar-refractivity contribution < 1.29 is 9.59 Å². The third-order valence-electron chi connectivity index (χ3n) is 4.29. The summed E-state index contributed by atoms with van der Waals surface area (Å²) in [5.41, 5.74) is 1.20. The first-order valence-electron chi connectivity index (χ1n) is 9.12. The van der Waals surface area contributed by atoms with Gasteiger partial charge in [-0.15, -0.1) is 0 Å². The minimum absolute atomic E-state index is 0.0281. The number of benzene rings is 1. The second-order valence-corrected chi connectivity index (χ2v) is 6.44. The number of anilines is 3. The smallest absolute Gasteiger partial charge is 0.267 e. The number of nitriles is 1. The molecule has 2 N–H and O–H groups in total. The van der Waals surface area contributed by atoms with Crippen LogP contribution in [0.3, 0.4) is 0 Å². The minimum Gasteiger partial charge on any atom is -0.373 e. The van der Waals surface area contributed by atoms with Gasteiger partial charge in [0.1, 0.15) is 11.6 Å². The summed E-state index contributed by atoms with van der Waals surface area (Å²) < 4.78 is 0. The molecular weight excluding hydrogens is 370 g/mol. The predicted octanol–water partition coefficient (Wildman–Crippen LogP) is 1.60. The van der Waals surface area contributed by atoms with Gasteiger partial charge >= 0.3 is 0 Å². The van der Waals surface area contributed by atoms with E-state index in [-0.39, 0.29) is 11.5 Å². The van der Waals surface area contributed by atoms with Crippen LogP contribution in [0.4, 0.5) is 17.3 Å². The number of nitrogens with one attached hydrogen (secondary N) is 2. The van der Waals surface area contributed by atoms with Crippen LogP contribution in [0.25, 0.3) is 0 Å². The Balaban J connectivity index is 1.57. The first-order valence-corrected chi connectivity index (χ1v) is 9.12. The number of amides is 2. The highest BCUT2D eigenvalue weighted by atomic mass is 16.2. The fourth-order valence-electron chi connectivity index (χ4n) is 2.86. The van der Waals surface area contributed by atoms with Crippen molar-refractivity contribution in [2.75, 3.05) is 41.7 Å². The Morgan fingerprint density at radius 3 is 2.17 bits per heavy atom. The highest BCUT2D eigenvalue weighted by Crippen LogP contribution is 2.15. The van der Waals surface area contributed by atoms with Crippen LogP contribution in [0.1, 0.15) is 6.92 Å². The van der Waals surface area contributed by atoms with Crippen molar-refractivity contribution in [2.24, 2.45) is 0 Å². The second kappa shape index (κ2) is 9.32. The SMILES string of the molecule is CC(=O)Nc1ccc(NC(=O)/C(C#N)=C\N2CCN(c3ncccn3)CC2)cc1. The monoisotopic (exact) mass is 391 g/mol. The molecule has 2 amide bonds. The molecule has 1 aromatic carbocycles. The van der Waals surface area contributed by atoms with Crippen molar-refractivity contribution >= 4 is 29.1 Å². The normalized spacial score (nSPS) is 14.1. The fraction of sp³-hybridized carbons (Fsp3) is 0.250. The highest BCUT2D eigenvalue weighted by Gasteiger charge is 2.19. The lowest BCUT2D eigenvalue weighted by Crippen LogP contribution is -2.45. The summed E-state index contributed by atoms with van der Waals surface area (Å²) in [5, 5.41) is 14.7. The molecule has 29 heavy (non-hydrogen) atoms. The van der Waals surface area contributed by atoms with E-state index in [2.05, 4.69) is 25.5 Å². The van der Waals surface area contributed by atoms with Crippen LogP contribution in [0.15, 0.2) is 54.5 Å². The molecule has 0 unspecified atom stereocenters. The molecule has 0 aliphatic carbocycles. The maximum atomic E-state index is 12.4. The quantitative estimate of drug-likeness (QED) is 0.588. The van der Waals surface area contributed by atoms with Gasteiger partial charge < -0.3 is 20.4 Å². The highest BCUT2D eigenvalue weighted by molar-refractivity contribution is 6.06. The van der Waals surface area contributed by atoms with E-state index < -0.39 is 5.91 Å². The standard InChI is InChI=1S/C20H21N7O2/c1-15(28)24-17-3-5-18(6-4-17)25-19(29)16(13-21)14-26-9-11-27(12-10-26)20-22-7-2-8-23-20/h2-8,14H,9-12H2,1H3,(H,24,28)(H,25,29)/b16-14-. The lowest BCUT2D eigenvalue weighted by atomic mass is 10.2. The van der Waals surface area contributed by atoms with Crippen LogP contribution in [0.2, 0.25) is 0 Å². The molecule has 1 fully saturated rings. The van der Waals surface area contributed by atoms with Crippen LogP contribution in [-0.2, 0) is 9.59 Å². The van der Waals surface area contributed by atoms with Gasteiger partial charge in [0.15, 0.2) is 0 Å². The third-order valence-corrected chi connectivity index (χ3v) is 4.29. The van der Waals surface area contributed by atoms with E-state index in [1.165, 1.54) is 6.92 Å². The summed E-state index contributed by atoms with van der Waals surface area (Å²) >= 11 is 0. The summed E-state index contributed by atoms with van der Waals surface area (Å²) in [5.74, 6) is 0.0288. The van der Waals surface area contributed by atoms with E-state index in [9.17, 15) is 14.9 Å². The maximum absolute atomic E-state index is 12.4. The Kier molecular flexibility index (Phi) is 6.37. The molecule has 9 nitrogen and oxygen atoms in total. The summed E-state index contributed by atoms with van der Waals surface area (Å²) in [4.78, 5) is 36.0.